The maximum Gasteiger partial charge on any atom is 0.138 e. The first-order valence-electron chi connectivity index (χ1n) is 5.89. The van der Waals surface area contributed by atoms with Gasteiger partial charge < -0.3 is 5.11 Å². The van der Waals surface area contributed by atoms with Crippen LogP contribution in [0.3, 0.4) is 0 Å². The van der Waals surface area contributed by atoms with E-state index in [1.54, 1.807) is 19.3 Å². The lowest BCUT2D eigenvalue weighted by atomic mass is 10.2. The Morgan fingerprint density at radius 2 is 2.18 bits per heavy atom. The molecule has 0 radical (unpaired) electrons. The molecule has 2 aromatic heterocycles. The van der Waals surface area contributed by atoms with Gasteiger partial charge in [0.25, 0.3) is 0 Å². The van der Waals surface area contributed by atoms with Crippen molar-refractivity contribution in [3.05, 3.63) is 42.1 Å². The van der Waals surface area contributed by atoms with Gasteiger partial charge in [-0.05, 0) is 25.0 Å². The van der Waals surface area contributed by atoms with E-state index in [-0.39, 0.29) is 0 Å². The predicted molar refractivity (Wildman–Crippen MR) is 66.0 cm³/mol. The predicted octanol–water partition coefficient (Wildman–Crippen LogP) is 2.27. The summed E-state index contributed by atoms with van der Waals surface area (Å²) in [4.78, 5) is 8.66. The molecular formula is C13H17N3O. The van der Waals surface area contributed by atoms with Crippen LogP contribution in [0.4, 0.5) is 0 Å². The summed E-state index contributed by atoms with van der Waals surface area (Å²) >= 11 is 0. The third-order valence-electron chi connectivity index (χ3n) is 2.69. The van der Waals surface area contributed by atoms with Crippen LogP contribution in [-0.2, 0) is 6.42 Å². The Kier molecular flexibility index (Phi) is 3.54. The van der Waals surface area contributed by atoms with Crippen molar-refractivity contribution in [2.24, 2.45) is 0 Å². The molecule has 1 atom stereocenters. The van der Waals surface area contributed by atoms with Gasteiger partial charge in [0.2, 0.25) is 0 Å². The molecule has 0 amide bonds. The lowest BCUT2D eigenvalue weighted by molar-refractivity contribution is 0.199. The fourth-order valence-corrected chi connectivity index (χ4v) is 1.74. The molecular weight excluding hydrogens is 214 g/mol. The number of aliphatic hydroxyl groups excluding tert-OH is 1. The van der Waals surface area contributed by atoms with Gasteiger partial charge in [-0.3, -0.25) is 4.57 Å². The van der Waals surface area contributed by atoms with Crippen LogP contribution in [0, 0.1) is 0 Å². The fourth-order valence-electron chi connectivity index (χ4n) is 1.74. The number of imidazole rings is 1. The molecule has 17 heavy (non-hydrogen) atoms. The molecule has 0 saturated heterocycles. The lowest BCUT2D eigenvalue weighted by Crippen LogP contribution is -2.03. The van der Waals surface area contributed by atoms with E-state index in [1.807, 2.05) is 22.9 Å². The van der Waals surface area contributed by atoms with Gasteiger partial charge in [0.15, 0.2) is 0 Å². The van der Waals surface area contributed by atoms with Crippen LogP contribution in [0.1, 0.15) is 37.8 Å². The summed E-state index contributed by atoms with van der Waals surface area (Å²) in [7, 11) is 0. The minimum atomic E-state index is -0.477. The second-order valence-corrected chi connectivity index (χ2v) is 4.09. The standard InChI is InChI=1S/C13H17N3O/c1-3-4-12-14-7-8-16(12)13-6-5-11(9-15-13)10(2)17/h5-10,17H,3-4H2,1-2H3. The Balaban J connectivity index is 2.30. The maximum atomic E-state index is 9.42. The fraction of sp³-hybridized carbons (Fsp3) is 0.385. The van der Waals surface area contributed by atoms with Gasteiger partial charge in [-0.25, -0.2) is 9.97 Å². The minimum absolute atomic E-state index is 0.477. The van der Waals surface area contributed by atoms with Crippen molar-refractivity contribution in [1.29, 1.82) is 0 Å². The second-order valence-electron chi connectivity index (χ2n) is 4.09. The van der Waals surface area contributed by atoms with E-state index in [1.165, 1.54) is 0 Å². The average Bonchev–Trinajstić information content (AvgIpc) is 2.78. The highest BCUT2D eigenvalue weighted by atomic mass is 16.3. The number of nitrogens with zero attached hydrogens (tertiary/aromatic N) is 3. The highest BCUT2D eigenvalue weighted by molar-refractivity contribution is 5.28. The van der Waals surface area contributed by atoms with Gasteiger partial charge in [0.05, 0.1) is 6.10 Å². The number of hydrogen-bond donors (Lipinski definition) is 1. The molecule has 2 aromatic rings. The van der Waals surface area contributed by atoms with Gasteiger partial charge in [0, 0.05) is 25.0 Å². The Morgan fingerprint density at radius 1 is 1.35 bits per heavy atom. The first-order chi connectivity index (χ1) is 8.22. The van der Waals surface area contributed by atoms with E-state index >= 15 is 0 Å². The van der Waals surface area contributed by atoms with Crippen LogP contribution in [0.5, 0.6) is 0 Å². The highest BCUT2D eigenvalue weighted by Crippen LogP contribution is 2.14. The topological polar surface area (TPSA) is 50.9 Å². The van der Waals surface area contributed by atoms with E-state index in [9.17, 15) is 5.11 Å². The Bertz CT molecular complexity index is 474. The zero-order valence-corrected chi connectivity index (χ0v) is 10.2. The number of hydrogen-bond acceptors (Lipinski definition) is 3. The van der Waals surface area contributed by atoms with Gasteiger partial charge in [-0.1, -0.05) is 13.0 Å². The van der Waals surface area contributed by atoms with E-state index in [2.05, 4.69) is 16.9 Å². The third kappa shape index (κ3) is 2.53. The van der Waals surface area contributed by atoms with Crippen LogP contribution in [0.25, 0.3) is 5.82 Å². The van der Waals surface area contributed by atoms with Gasteiger partial charge in [-0.2, -0.15) is 0 Å². The minimum Gasteiger partial charge on any atom is -0.389 e. The van der Waals surface area contributed by atoms with Crippen molar-refractivity contribution >= 4 is 0 Å². The number of pyridine rings is 1. The summed E-state index contributed by atoms with van der Waals surface area (Å²) in [5.74, 6) is 1.86. The molecule has 0 fully saturated rings. The molecule has 90 valence electrons. The van der Waals surface area contributed by atoms with Crippen LogP contribution in [0.15, 0.2) is 30.7 Å². The van der Waals surface area contributed by atoms with Crippen LogP contribution in [-0.4, -0.2) is 19.6 Å². The first kappa shape index (κ1) is 11.8. The second kappa shape index (κ2) is 5.10. The zero-order valence-electron chi connectivity index (χ0n) is 10.2. The van der Waals surface area contributed by atoms with Crippen molar-refractivity contribution in [3.63, 3.8) is 0 Å². The number of rotatable bonds is 4. The maximum absolute atomic E-state index is 9.42. The van der Waals surface area contributed by atoms with Crippen molar-refractivity contribution in [3.8, 4) is 5.82 Å². The van der Waals surface area contributed by atoms with E-state index in [0.29, 0.717) is 0 Å². The number of aromatic nitrogens is 3. The molecule has 4 heteroatoms. The molecule has 0 saturated carbocycles. The first-order valence-corrected chi connectivity index (χ1v) is 5.89. The summed E-state index contributed by atoms with van der Waals surface area (Å²) < 4.78 is 1.98. The number of aryl methyl sites for hydroxylation is 1. The van der Waals surface area contributed by atoms with Crippen LogP contribution >= 0.6 is 0 Å². The molecule has 0 bridgehead atoms. The normalized spacial score (nSPS) is 12.6. The van der Waals surface area contributed by atoms with E-state index in [4.69, 9.17) is 0 Å². The lowest BCUT2D eigenvalue weighted by Gasteiger charge is -2.08. The molecule has 0 aliphatic carbocycles. The van der Waals surface area contributed by atoms with Gasteiger partial charge >= 0.3 is 0 Å². The van der Waals surface area contributed by atoms with Crippen molar-refractivity contribution in [2.75, 3.05) is 0 Å². The smallest absolute Gasteiger partial charge is 0.138 e. The zero-order chi connectivity index (χ0) is 12.3. The summed E-state index contributed by atoms with van der Waals surface area (Å²) in [5, 5.41) is 9.42. The largest absolute Gasteiger partial charge is 0.389 e. The summed E-state index contributed by atoms with van der Waals surface area (Å²) in [5.41, 5.74) is 0.825. The summed E-state index contributed by atoms with van der Waals surface area (Å²) in [6.07, 6.45) is 6.92. The highest BCUT2D eigenvalue weighted by Gasteiger charge is 2.06. The molecule has 0 spiro atoms. The molecule has 2 heterocycles. The van der Waals surface area contributed by atoms with E-state index in [0.717, 1.165) is 30.0 Å². The van der Waals surface area contributed by atoms with Crippen molar-refractivity contribution < 1.29 is 5.11 Å². The molecule has 0 aliphatic heterocycles. The Labute approximate surface area is 101 Å². The quantitative estimate of drug-likeness (QED) is 0.878. The van der Waals surface area contributed by atoms with Crippen molar-refractivity contribution in [2.45, 2.75) is 32.8 Å². The molecule has 0 aromatic carbocycles. The summed E-state index contributed by atoms with van der Waals surface area (Å²) in [6, 6.07) is 3.80. The average molecular weight is 231 g/mol. The Hall–Kier alpha value is -1.68. The monoisotopic (exact) mass is 231 g/mol. The van der Waals surface area contributed by atoms with Crippen molar-refractivity contribution in [1.82, 2.24) is 14.5 Å². The number of aliphatic hydroxyl groups is 1. The SMILES string of the molecule is CCCc1nccn1-c1ccc(C(C)O)cn1. The third-order valence-corrected chi connectivity index (χ3v) is 2.69. The van der Waals surface area contributed by atoms with E-state index < -0.39 is 6.10 Å². The van der Waals surface area contributed by atoms with Crippen LogP contribution in [0.2, 0.25) is 0 Å². The molecule has 2 rings (SSSR count). The molecule has 1 unspecified atom stereocenters. The summed E-state index contributed by atoms with van der Waals surface area (Å²) in [6.45, 7) is 3.86. The Morgan fingerprint density at radius 3 is 2.76 bits per heavy atom. The van der Waals surface area contributed by atoms with Gasteiger partial charge in [-0.15, -0.1) is 0 Å². The van der Waals surface area contributed by atoms with Gasteiger partial charge in [0.1, 0.15) is 11.6 Å². The van der Waals surface area contributed by atoms with Crippen LogP contribution < -0.4 is 0 Å². The molecule has 1 N–H and O–H groups in total. The molecule has 0 aliphatic rings. The molecule has 4 nitrogen and oxygen atoms in total.